The number of carbonyl (C=O) groups excluding carboxylic acids is 3. The smallest absolute Gasteiger partial charge is 0.413 e. The van der Waals surface area contributed by atoms with E-state index in [0.29, 0.717) is 34.1 Å². The zero-order valence-electron chi connectivity index (χ0n) is 21.2. The predicted octanol–water partition coefficient (Wildman–Crippen LogP) is 6.08. The van der Waals surface area contributed by atoms with E-state index in [1.807, 2.05) is 38.1 Å². The Balaban J connectivity index is 0.000000222. The van der Waals surface area contributed by atoms with Gasteiger partial charge >= 0.3 is 6.09 Å². The summed E-state index contributed by atoms with van der Waals surface area (Å²) in [6.07, 6.45) is 2.08. The summed E-state index contributed by atoms with van der Waals surface area (Å²) in [6.45, 7) is 5.54. The quantitative estimate of drug-likeness (QED) is 0.218. The molecule has 4 aromatic rings. The normalized spacial score (nSPS) is 10.2. The number of ether oxygens (including phenoxy) is 1. The first-order valence-corrected chi connectivity index (χ1v) is 11.6. The Labute approximate surface area is 215 Å². The van der Waals surface area contributed by atoms with Crippen molar-refractivity contribution in [3.8, 4) is 5.75 Å². The summed E-state index contributed by atoms with van der Waals surface area (Å²) in [5, 5.41) is 12.0. The third-order valence-corrected chi connectivity index (χ3v) is 5.40. The second kappa shape index (κ2) is 12.3. The van der Waals surface area contributed by atoms with E-state index in [-0.39, 0.29) is 23.3 Å². The number of nitrogens with one attached hydrogen (secondary N) is 2. The molecule has 8 nitrogen and oxygen atoms in total. The molecule has 0 aliphatic rings. The number of amides is 1. The van der Waals surface area contributed by atoms with Crippen LogP contribution in [-0.4, -0.2) is 39.8 Å². The second-order valence-electron chi connectivity index (χ2n) is 8.51. The monoisotopic (exact) mass is 499 g/mol. The number of H-pyrrole nitrogens is 1. The number of hydrogen-bond donors (Lipinski definition) is 3. The highest BCUT2D eigenvalue weighted by molar-refractivity contribution is 6.10. The molecule has 190 valence electrons. The first-order valence-electron chi connectivity index (χ1n) is 11.6. The Kier molecular flexibility index (Phi) is 8.94. The van der Waals surface area contributed by atoms with Gasteiger partial charge in [0, 0.05) is 16.7 Å². The van der Waals surface area contributed by atoms with Crippen LogP contribution in [0.2, 0.25) is 0 Å². The van der Waals surface area contributed by atoms with Crippen LogP contribution < -0.4 is 5.32 Å². The van der Waals surface area contributed by atoms with Crippen LogP contribution in [0.5, 0.6) is 5.75 Å². The highest BCUT2D eigenvalue weighted by atomic mass is 16.5. The molecule has 1 aromatic heterocycles. The molecule has 0 saturated carbocycles. The topological polar surface area (TPSA) is 121 Å². The molecule has 0 spiro atoms. The second-order valence-corrected chi connectivity index (χ2v) is 8.51. The number of rotatable bonds is 6. The van der Waals surface area contributed by atoms with Gasteiger partial charge in [0.15, 0.2) is 11.6 Å². The number of ketones is 2. The van der Waals surface area contributed by atoms with Crippen LogP contribution in [0, 0.1) is 0 Å². The minimum atomic E-state index is -0.611. The number of imidazole rings is 1. The summed E-state index contributed by atoms with van der Waals surface area (Å²) in [5.74, 6) is 0.469. The average molecular weight is 500 g/mol. The summed E-state index contributed by atoms with van der Waals surface area (Å²) >= 11 is 0. The molecule has 0 aliphatic heterocycles. The number of benzene rings is 3. The number of carbonyl (C=O) groups is 3. The summed E-state index contributed by atoms with van der Waals surface area (Å²) in [5.41, 5.74) is 5.11. The fourth-order valence-electron chi connectivity index (χ4n) is 3.40. The molecule has 0 bridgehead atoms. The number of aromatic amines is 1. The number of nitrogens with zero attached hydrogens (tertiary/aromatic N) is 1. The Hall–Kier alpha value is -4.72. The van der Waals surface area contributed by atoms with Crippen LogP contribution in [0.25, 0.3) is 11.0 Å². The largest absolute Gasteiger partial charge is 0.508 e. The van der Waals surface area contributed by atoms with Crippen molar-refractivity contribution in [1.82, 2.24) is 9.97 Å². The van der Waals surface area contributed by atoms with E-state index in [2.05, 4.69) is 20.0 Å². The van der Waals surface area contributed by atoms with E-state index < -0.39 is 6.09 Å². The molecular weight excluding hydrogens is 470 g/mol. The van der Waals surface area contributed by atoms with Crippen LogP contribution in [0.4, 0.5) is 10.7 Å². The lowest BCUT2D eigenvalue weighted by Gasteiger charge is -2.04. The summed E-state index contributed by atoms with van der Waals surface area (Å²) < 4.78 is 4.51. The molecule has 0 unspecified atom stereocenters. The molecular formula is C29H29N3O5. The molecule has 1 heterocycles. The van der Waals surface area contributed by atoms with Crippen molar-refractivity contribution in [2.24, 2.45) is 0 Å². The molecule has 3 N–H and O–H groups in total. The Morgan fingerprint density at radius 2 is 1.65 bits per heavy atom. The van der Waals surface area contributed by atoms with Gasteiger partial charge < -0.3 is 14.8 Å². The SMILES string of the molecule is CC(=O)c1ccc(O)c(CC=C(C)C)c1.COC(=O)Nc1nc2ccc(C(=O)c3ccccc3)cc2[nH]1. The lowest BCUT2D eigenvalue weighted by Crippen LogP contribution is -2.11. The number of anilines is 1. The van der Waals surface area contributed by atoms with Gasteiger partial charge in [0.05, 0.1) is 18.1 Å². The van der Waals surface area contributed by atoms with E-state index in [0.717, 1.165) is 5.56 Å². The molecule has 0 atom stereocenters. The minimum Gasteiger partial charge on any atom is -0.508 e. The van der Waals surface area contributed by atoms with Crippen molar-refractivity contribution in [3.63, 3.8) is 0 Å². The Bertz CT molecular complexity index is 1450. The highest BCUT2D eigenvalue weighted by Crippen LogP contribution is 2.20. The number of allylic oxidation sites excluding steroid dienone is 2. The van der Waals surface area contributed by atoms with E-state index in [1.54, 1.807) is 48.5 Å². The maximum Gasteiger partial charge on any atom is 0.413 e. The molecule has 0 fully saturated rings. The van der Waals surface area contributed by atoms with Crippen molar-refractivity contribution in [1.29, 1.82) is 0 Å². The zero-order valence-corrected chi connectivity index (χ0v) is 21.2. The lowest BCUT2D eigenvalue weighted by molar-refractivity contribution is 0.101. The van der Waals surface area contributed by atoms with Gasteiger partial charge in [-0.05, 0) is 69.2 Å². The number of aromatic nitrogens is 2. The Morgan fingerprint density at radius 1 is 0.946 bits per heavy atom. The van der Waals surface area contributed by atoms with Crippen LogP contribution >= 0.6 is 0 Å². The third kappa shape index (κ3) is 7.38. The number of phenolic OH excluding ortho intramolecular Hbond substituents is 1. The van der Waals surface area contributed by atoms with Crippen molar-refractivity contribution in [2.45, 2.75) is 27.2 Å². The van der Waals surface area contributed by atoms with Gasteiger partial charge in [-0.3, -0.25) is 14.9 Å². The van der Waals surface area contributed by atoms with Gasteiger partial charge in [0.2, 0.25) is 5.95 Å². The summed E-state index contributed by atoms with van der Waals surface area (Å²) in [4.78, 5) is 41.8. The van der Waals surface area contributed by atoms with Gasteiger partial charge in [0.25, 0.3) is 0 Å². The zero-order chi connectivity index (χ0) is 26.9. The van der Waals surface area contributed by atoms with Crippen molar-refractivity contribution < 1.29 is 24.2 Å². The molecule has 37 heavy (non-hydrogen) atoms. The summed E-state index contributed by atoms with van der Waals surface area (Å²) in [6, 6.07) is 19.1. The molecule has 8 heteroatoms. The number of Topliss-reactive ketones (excluding diaryl/α,β-unsaturated/α-hetero) is 1. The molecule has 0 saturated heterocycles. The van der Waals surface area contributed by atoms with Crippen LogP contribution in [0.3, 0.4) is 0 Å². The van der Waals surface area contributed by atoms with E-state index >= 15 is 0 Å². The first-order chi connectivity index (χ1) is 17.7. The van der Waals surface area contributed by atoms with Gasteiger partial charge in [0.1, 0.15) is 5.75 Å². The van der Waals surface area contributed by atoms with Gasteiger partial charge in [-0.1, -0.05) is 42.0 Å². The Morgan fingerprint density at radius 3 is 2.30 bits per heavy atom. The number of methoxy groups -OCH3 is 1. The fourth-order valence-corrected chi connectivity index (χ4v) is 3.40. The molecule has 0 radical (unpaired) electrons. The van der Waals surface area contributed by atoms with Crippen molar-refractivity contribution in [3.05, 3.63) is 101 Å². The van der Waals surface area contributed by atoms with Crippen molar-refractivity contribution in [2.75, 3.05) is 12.4 Å². The highest BCUT2D eigenvalue weighted by Gasteiger charge is 2.12. The standard InChI is InChI=1S/C16H13N3O3.C13H16O2/c1-22-16(21)19-15-17-12-8-7-11(9-13(12)18-15)14(20)10-5-3-2-4-6-10;1-9(2)4-5-12-8-11(10(3)14)6-7-13(12)15/h2-9H,1H3,(H2,17,18,19,21);4,6-8,15H,5H2,1-3H3. The van der Waals surface area contributed by atoms with Gasteiger partial charge in [-0.2, -0.15) is 0 Å². The maximum atomic E-state index is 12.4. The number of hydrogen-bond acceptors (Lipinski definition) is 6. The van der Waals surface area contributed by atoms with Crippen LogP contribution in [0.15, 0.2) is 78.4 Å². The fraction of sp³-hybridized carbons (Fsp3) is 0.172. The molecule has 3 aromatic carbocycles. The first kappa shape index (κ1) is 26.9. The summed E-state index contributed by atoms with van der Waals surface area (Å²) in [7, 11) is 1.27. The third-order valence-electron chi connectivity index (χ3n) is 5.40. The van der Waals surface area contributed by atoms with E-state index in [9.17, 15) is 19.5 Å². The van der Waals surface area contributed by atoms with E-state index in [4.69, 9.17) is 0 Å². The number of fused-ring (bicyclic) bond motifs is 1. The molecule has 0 aliphatic carbocycles. The van der Waals surface area contributed by atoms with Gasteiger partial charge in [-0.25, -0.2) is 9.78 Å². The maximum absolute atomic E-state index is 12.4. The van der Waals surface area contributed by atoms with Crippen LogP contribution in [-0.2, 0) is 11.2 Å². The van der Waals surface area contributed by atoms with Crippen LogP contribution in [0.1, 0.15) is 52.6 Å². The minimum absolute atomic E-state index is 0.0217. The number of phenols is 1. The number of aromatic hydroxyl groups is 1. The van der Waals surface area contributed by atoms with E-state index in [1.165, 1.54) is 19.6 Å². The lowest BCUT2D eigenvalue weighted by atomic mass is 10.0. The van der Waals surface area contributed by atoms with Crippen molar-refractivity contribution >= 4 is 34.6 Å². The molecule has 4 rings (SSSR count). The predicted molar refractivity (Wildman–Crippen MR) is 143 cm³/mol. The van der Waals surface area contributed by atoms with Gasteiger partial charge in [-0.15, -0.1) is 0 Å². The molecule has 1 amide bonds. The average Bonchev–Trinajstić information content (AvgIpc) is 3.29.